The van der Waals surface area contributed by atoms with E-state index in [0.29, 0.717) is 16.9 Å². The molecule has 0 saturated carbocycles. The minimum absolute atomic E-state index is 0.137. The molecule has 0 atom stereocenters. The van der Waals surface area contributed by atoms with E-state index in [9.17, 15) is 9.59 Å². The van der Waals surface area contributed by atoms with E-state index < -0.39 is 11.7 Å². The van der Waals surface area contributed by atoms with Crippen LogP contribution in [0.15, 0.2) is 73.1 Å². The summed E-state index contributed by atoms with van der Waals surface area (Å²) >= 11 is 0. The number of pyridine rings is 1. The lowest BCUT2D eigenvalue weighted by Gasteiger charge is -2.19. The summed E-state index contributed by atoms with van der Waals surface area (Å²) in [6.45, 7) is 5.44. The number of rotatable bonds is 4. The molecule has 6 nitrogen and oxygen atoms in total. The third kappa shape index (κ3) is 4.64. The van der Waals surface area contributed by atoms with Crippen LogP contribution in [0.2, 0.25) is 0 Å². The van der Waals surface area contributed by atoms with Crippen LogP contribution in [0.25, 0.3) is 22.0 Å². The number of amides is 1. The van der Waals surface area contributed by atoms with Crippen LogP contribution in [0.4, 0.5) is 10.5 Å². The van der Waals surface area contributed by atoms with Crippen molar-refractivity contribution >= 4 is 28.3 Å². The normalized spacial score (nSPS) is 11.3. The molecular weight excluding hydrogens is 390 g/mol. The first-order chi connectivity index (χ1) is 14.8. The van der Waals surface area contributed by atoms with Gasteiger partial charge >= 0.3 is 6.09 Å². The van der Waals surface area contributed by atoms with Gasteiger partial charge in [-0.2, -0.15) is 0 Å². The zero-order chi connectivity index (χ0) is 22.0. The summed E-state index contributed by atoms with van der Waals surface area (Å²) in [5.41, 5.74) is 2.72. The van der Waals surface area contributed by atoms with E-state index in [-0.39, 0.29) is 5.78 Å². The number of anilines is 1. The lowest BCUT2D eigenvalue weighted by atomic mass is 10.0. The van der Waals surface area contributed by atoms with Gasteiger partial charge in [0.05, 0.1) is 0 Å². The van der Waals surface area contributed by atoms with Gasteiger partial charge in [-0.25, -0.2) is 4.79 Å². The Kier molecular flexibility index (Phi) is 5.29. The van der Waals surface area contributed by atoms with E-state index in [1.165, 1.54) is 0 Å². The van der Waals surface area contributed by atoms with Crippen LogP contribution in [0, 0.1) is 0 Å². The highest BCUT2D eigenvalue weighted by Crippen LogP contribution is 2.24. The zero-order valence-corrected chi connectivity index (χ0v) is 17.6. The quantitative estimate of drug-likeness (QED) is 0.414. The first kappa shape index (κ1) is 20.3. The van der Waals surface area contributed by atoms with Gasteiger partial charge < -0.3 is 9.72 Å². The topological polar surface area (TPSA) is 84.1 Å². The van der Waals surface area contributed by atoms with E-state index in [0.717, 1.165) is 22.0 Å². The van der Waals surface area contributed by atoms with Gasteiger partial charge in [0, 0.05) is 34.7 Å². The second kappa shape index (κ2) is 8.07. The van der Waals surface area contributed by atoms with E-state index in [1.807, 2.05) is 69.3 Å². The van der Waals surface area contributed by atoms with Crippen molar-refractivity contribution < 1.29 is 14.3 Å². The number of hydrogen-bond donors (Lipinski definition) is 2. The first-order valence-corrected chi connectivity index (χ1v) is 9.97. The van der Waals surface area contributed by atoms with Gasteiger partial charge in [0.2, 0.25) is 5.78 Å². The van der Waals surface area contributed by atoms with E-state index in [4.69, 9.17) is 4.74 Å². The lowest BCUT2D eigenvalue weighted by Crippen LogP contribution is -2.27. The number of ketones is 1. The van der Waals surface area contributed by atoms with Gasteiger partial charge in [0.15, 0.2) is 0 Å². The third-order valence-corrected chi connectivity index (χ3v) is 4.68. The number of ether oxygens (including phenoxy) is 1. The Balaban J connectivity index is 1.52. The highest BCUT2D eigenvalue weighted by molar-refractivity contribution is 6.15. The molecule has 2 N–H and O–H groups in total. The number of nitrogens with zero attached hydrogens (tertiary/aromatic N) is 1. The Morgan fingerprint density at radius 1 is 1.00 bits per heavy atom. The fourth-order valence-electron chi connectivity index (χ4n) is 3.28. The van der Waals surface area contributed by atoms with E-state index >= 15 is 0 Å². The molecule has 0 saturated heterocycles. The van der Waals surface area contributed by atoms with Crippen molar-refractivity contribution in [2.45, 2.75) is 26.4 Å². The van der Waals surface area contributed by atoms with Gasteiger partial charge in [-0.1, -0.05) is 36.4 Å². The van der Waals surface area contributed by atoms with Gasteiger partial charge in [-0.15, -0.1) is 0 Å². The van der Waals surface area contributed by atoms with E-state index in [1.54, 1.807) is 24.5 Å². The number of hydrogen-bond acceptors (Lipinski definition) is 4. The Hall–Kier alpha value is -3.93. The Labute approximate surface area is 180 Å². The molecule has 0 fully saturated rings. The predicted molar refractivity (Wildman–Crippen MR) is 121 cm³/mol. The molecular formula is C25H23N3O3. The predicted octanol–water partition coefficient (Wildman–Crippen LogP) is 5.81. The Bertz CT molecular complexity index is 1250. The molecule has 2 heterocycles. The second-order valence-corrected chi connectivity index (χ2v) is 8.22. The maximum Gasteiger partial charge on any atom is 0.412 e. The molecule has 0 unspecified atom stereocenters. The number of nitrogens with one attached hydrogen (secondary N) is 2. The maximum atomic E-state index is 13.1. The van der Waals surface area contributed by atoms with Gasteiger partial charge in [0.25, 0.3) is 0 Å². The molecule has 0 aliphatic carbocycles. The fraction of sp³-hybridized carbons (Fsp3) is 0.160. The summed E-state index contributed by atoms with van der Waals surface area (Å²) in [5, 5.41) is 4.51. The van der Waals surface area contributed by atoms with Crippen molar-refractivity contribution in [1.29, 1.82) is 0 Å². The van der Waals surface area contributed by atoms with Gasteiger partial charge in [0.1, 0.15) is 11.3 Å². The van der Waals surface area contributed by atoms with Crippen LogP contribution in [0.1, 0.15) is 36.8 Å². The number of fused-ring (bicyclic) bond motifs is 1. The molecule has 2 aromatic heterocycles. The number of carbonyl (C=O) groups excluding carboxylic acids is 2. The maximum absolute atomic E-state index is 13.1. The van der Waals surface area contributed by atoms with Crippen molar-refractivity contribution in [3.8, 4) is 11.3 Å². The highest BCUT2D eigenvalue weighted by atomic mass is 16.6. The number of H-pyrrole nitrogens is 1. The van der Waals surface area contributed by atoms with Crippen molar-refractivity contribution in [3.05, 3.63) is 84.3 Å². The molecule has 31 heavy (non-hydrogen) atoms. The van der Waals surface area contributed by atoms with Crippen LogP contribution < -0.4 is 5.32 Å². The van der Waals surface area contributed by atoms with Gasteiger partial charge in [-0.3, -0.25) is 15.1 Å². The monoisotopic (exact) mass is 413 g/mol. The minimum atomic E-state index is -0.559. The Morgan fingerprint density at radius 3 is 2.48 bits per heavy atom. The first-order valence-electron chi connectivity index (χ1n) is 9.97. The number of aromatic amines is 1. The van der Waals surface area contributed by atoms with Crippen LogP contribution in [-0.4, -0.2) is 27.4 Å². The fourth-order valence-corrected chi connectivity index (χ4v) is 3.28. The molecule has 1 amide bonds. The third-order valence-electron chi connectivity index (χ3n) is 4.68. The summed E-state index contributed by atoms with van der Waals surface area (Å²) in [7, 11) is 0. The molecule has 0 bridgehead atoms. The van der Waals surface area contributed by atoms with Crippen LogP contribution in [0.3, 0.4) is 0 Å². The zero-order valence-electron chi connectivity index (χ0n) is 17.6. The van der Waals surface area contributed by atoms with Crippen LogP contribution >= 0.6 is 0 Å². The average molecular weight is 413 g/mol. The summed E-state index contributed by atoms with van der Waals surface area (Å²) < 4.78 is 5.26. The Morgan fingerprint density at radius 2 is 1.74 bits per heavy atom. The molecule has 0 spiro atoms. The lowest BCUT2D eigenvalue weighted by molar-refractivity contribution is 0.0635. The molecule has 2 aromatic carbocycles. The molecule has 0 aliphatic heterocycles. The standard InChI is InChI=1S/C25H23N3O3/c1-25(2,3)31-24(30)28-19-10-8-17(9-11-19)21-14-18(15-27-21)23(29)22-20-7-5-4-6-16(20)12-13-26-22/h4-15,27H,1-3H3,(H,28,30). The summed E-state index contributed by atoms with van der Waals surface area (Å²) in [6.07, 6.45) is 2.84. The number of benzene rings is 2. The highest BCUT2D eigenvalue weighted by Gasteiger charge is 2.17. The molecule has 0 aliphatic rings. The largest absolute Gasteiger partial charge is 0.444 e. The molecule has 6 heteroatoms. The van der Waals surface area contributed by atoms with Crippen molar-refractivity contribution in [2.24, 2.45) is 0 Å². The SMILES string of the molecule is CC(C)(C)OC(=O)Nc1ccc(-c2cc(C(=O)c3nccc4ccccc34)c[nH]2)cc1. The van der Waals surface area contributed by atoms with Crippen molar-refractivity contribution in [1.82, 2.24) is 9.97 Å². The molecule has 4 rings (SSSR count). The van der Waals surface area contributed by atoms with Crippen LogP contribution in [0.5, 0.6) is 0 Å². The van der Waals surface area contributed by atoms with E-state index in [2.05, 4.69) is 15.3 Å². The minimum Gasteiger partial charge on any atom is -0.444 e. The summed E-state index contributed by atoms with van der Waals surface area (Å²) in [4.78, 5) is 32.4. The van der Waals surface area contributed by atoms with Crippen molar-refractivity contribution in [2.75, 3.05) is 5.32 Å². The van der Waals surface area contributed by atoms with Crippen LogP contribution in [-0.2, 0) is 4.74 Å². The molecule has 156 valence electrons. The summed E-state index contributed by atoms with van der Waals surface area (Å²) in [5.74, 6) is -0.137. The molecule has 0 radical (unpaired) electrons. The number of aromatic nitrogens is 2. The smallest absolute Gasteiger partial charge is 0.412 e. The average Bonchev–Trinajstić information content (AvgIpc) is 3.22. The number of carbonyl (C=O) groups is 2. The second-order valence-electron chi connectivity index (χ2n) is 8.22. The summed E-state index contributed by atoms with van der Waals surface area (Å²) in [6, 6.07) is 18.7. The van der Waals surface area contributed by atoms with Gasteiger partial charge in [-0.05, 0) is 56.0 Å². The van der Waals surface area contributed by atoms with Crippen molar-refractivity contribution in [3.63, 3.8) is 0 Å². The molecule has 4 aromatic rings.